The number of rotatable bonds is 4. The number of anilines is 2. The summed E-state index contributed by atoms with van der Waals surface area (Å²) in [4.78, 5) is 9.79. The van der Waals surface area contributed by atoms with Crippen molar-refractivity contribution in [2.24, 2.45) is 0 Å². The van der Waals surface area contributed by atoms with Crippen molar-refractivity contribution in [2.45, 2.75) is 19.4 Å². The maximum atomic E-state index is 4.24. The number of aromatic nitrogens is 2. The van der Waals surface area contributed by atoms with Crippen molar-refractivity contribution in [3.05, 3.63) is 40.9 Å². The van der Waals surface area contributed by atoms with Gasteiger partial charge < -0.3 is 15.2 Å². The SMILES string of the molecule is Brc1ccc(N2CCCC2)c(NCc2ncc[nH]2)c1. The predicted octanol–water partition coefficient (Wildman–Crippen LogP) is 3.38. The molecular weight excluding hydrogens is 304 g/mol. The van der Waals surface area contributed by atoms with Crippen LogP contribution < -0.4 is 10.2 Å². The molecule has 2 heterocycles. The van der Waals surface area contributed by atoms with Crippen LogP contribution in [0.1, 0.15) is 18.7 Å². The number of halogens is 1. The van der Waals surface area contributed by atoms with E-state index in [-0.39, 0.29) is 0 Å². The maximum absolute atomic E-state index is 4.24. The zero-order chi connectivity index (χ0) is 13.1. The molecule has 0 unspecified atom stereocenters. The van der Waals surface area contributed by atoms with E-state index >= 15 is 0 Å². The fourth-order valence-electron chi connectivity index (χ4n) is 2.46. The number of nitrogens with zero attached hydrogens (tertiary/aromatic N) is 2. The first-order chi connectivity index (χ1) is 9.33. The Morgan fingerprint density at radius 2 is 2.16 bits per heavy atom. The highest BCUT2D eigenvalue weighted by atomic mass is 79.9. The van der Waals surface area contributed by atoms with Crippen LogP contribution in [0, 0.1) is 0 Å². The molecule has 1 aromatic heterocycles. The van der Waals surface area contributed by atoms with E-state index in [9.17, 15) is 0 Å². The molecule has 19 heavy (non-hydrogen) atoms. The molecule has 0 aliphatic carbocycles. The molecule has 100 valence electrons. The summed E-state index contributed by atoms with van der Waals surface area (Å²) >= 11 is 3.54. The Morgan fingerprint density at radius 3 is 2.89 bits per heavy atom. The Hall–Kier alpha value is -1.49. The number of hydrogen-bond donors (Lipinski definition) is 2. The zero-order valence-electron chi connectivity index (χ0n) is 10.7. The summed E-state index contributed by atoms with van der Waals surface area (Å²) < 4.78 is 1.09. The summed E-state index contributed by atoms with van der Waals surface area (Å²) in [6, 6.07) is 6.42. The molecule has 0 spiro atoms. The second-order valence-corrected chi connectivity index (χ2v) is 5.66. The van der Waals surface area contributed by atoms with Gasteiger partial charge in [0.15, 0.2) is 0 Å². The minimum Gasteiger partial charge on any atom is -0.376 e. The zero-order valence-corrected chi connectivity index (χ0v) is 12.3. The number of benzene rings is 1. The van der Waals surface area contributed by atoms with E-state index in [4.69, 9.17) is 0 Å². The molecule has 2 aromatic rings. The van der Waals surface area contributed by atoms with E-state index in [1.54, 1.807) is 6.20 Å². The van der Waals surface area contributed by atoms with Crippen molar-refractivity contribution < 1.29 is 0 Å². The van der Waals surface area contributed by atoms with E-state index in [0.717, 1.165) is 29.1 Å². The summed E-state index contributed by atoms with van der Waals surface area (Å²) in [5.41, 5.74) is 2.44. The maximum Gasteiger partial charge on any atom is 0.125 e. The molecule has 0 atom stereocenters. The summed E-state index contributed by atoms with van der Waals surface area (Å²) in [6.07, 6.45) is 6.19. The first-order valence-electron chi connectivity index (χ1n) is 6.59. The Balaban J connectivity index is 1.79. The van der Waals surface area contributed by atoms with Crippen molar-refractivity contribution in [3.8, 4) is 0 Å². The Morgan fingerprint density at radius 1 is 1.32 bits per heavy atom. The predicted molar refractivity (Wildman–Crippen MR) is 81.5 cm³/mol. The van der Waals surface area contributed by atoms with E-state index in [2.05, 4.69) is 54.3 Å². The first-order valence-corrected chi connectivity index (χ1v) is 7.39. The molecule has 0 saturated carbocycles. The van der Waals surface area contributed by atoms with Crippen LogP contribution in [-0.2, 0) is 6.54 Å². The minimum atomic E-state index is 0.713. The van der Waals surface area contributed by atoms with Crippen LogP contribution in [0.5, 0.6) is 0 Å². The first kappa shape index (κ1) is 12.5. The van der Waals surface area contributed by atoms with Crippen LogP contribution in [0.25, 0.3) is 0 Å². The van der Waals surface area contributed by atoms with Crippen molar-refractivity contribution in [1.82, 2.24) is 9.97 Å². The van der Waals surface area contributed by atoms with Crippen LogP contribution in [0.2, 0.25) is 0 Å². The van der Waals surface area contributed by atoms with Crippen LogP contribution in [-0.4, -0.2) is 23.1 Å². The third-order valence-electron chi connectivity index (χ3n) is 3.41. The van der Waals surface area contributed by atoms with Gasteiger partial charge in [-0.1, -0.05) is 15.9 Å². The fraction of sp³-hybridized carbons (Fsp3) is 0.357. The van der Waals surface area contributed by atoms with Gasteiger partial charge >= 0.3 is 0 Å². The van der Waals surface area contributed by atoms with Gasteiger partial charge in [-0.2, -0.15) is 0 Å². The highest BCUT2D eigenvalue weighted by Crippen LogP contribution is 2.31. The molecular formula is C14H17BrN4. The summed E-state index contributed by atoms with van der Waals surface area (Å²) in [6.45, 7) is 3.01. The lowest BCUT2D eigenvalue weighted by Gasteiger charge is -2.22. The second kappa shape index (κ2) is 5.65. The number of hydrogen-bond acceptors (Lipinski definition) is 3. The monoisotopic (exact) mass is 320 g/mol. The number of aromatic amines is 1. The Bertz CT molecular complexity index is 532. The third-order valence-corrected chi connectivity index (χ3v) is 3.90. The lowest BCUT2D eigenvalue weighted by Crippen LogP contribution is -2.19. The molecule has 1 fully saturated rings. The van der Waals surface area contributed by atoms with Gasteiger partial charge in [0, 0.05) is 30.0 Å². The van der Waals surface area contributed by atoms with Crippen molar-refractivity contribution in [3.63, 3.8) is 0 Å². The molecule has 0 bridgehead atoms. The van der Waals surface area contributed by atoms with Gasteiger partial charge in [-0.05, 0) is 31.0 Å². The average molecular weight is 321 g/mol. The highest BCUT2D eigenvalue weighted by molar-refractivity contribution is 9.10. The van der Waals surface area contributed by atoms with Crippen LogP contribution in [0.4, 0.5) is 11.4 Å². The molecule has 0 radical (unpaired) electrons. The molecule has 0 amide bonds. The molecule has 1 aromatic carbocycles. The van der Waals surface area contributed by atoms with E-state index in [1.165, 1.54) is 18.5 Å². The Kier molecular flexibility index (Phi) is 3.73. The largest absolute Gasteiger partial charge is 0.376 e. The van der Waals surface area contributed by atoms with Gasteiger partial charge in [0.25, 0.3) is 0 Å². The lowest BCUT2D eigenvalue weighted by molar-refractivity contribution is 0.949. The molecule has 1 aliphatic rings. The number of nitrogens with one attached hydrogen (secondary N) is 2. The van der Waals surface area contributed by atoms with E-state index in [0.29, 0.717) is 6.54 Å². The molecule has 3 rings (SSSR count). The molecule has 1 aliphatic heterocycles. The molecule has 5 heteroatoms. The average Bonchev–Trinajstić information content (AvgIpc) is 3.10. The lowest BCUT2D eigenvalue weighted by atomic mass is 10.2. The van der Waals surface area contributed by atoms with Gasteiger partial charge in [-0.25, -0.2) is 4.98 Å². The van der Waals surface area contributed by atoms with Crippen molar-refractivity contribution in [2.75, 3.05) is 23.3 Å². The third kappa shape index (κ3) is 2.92. The summed E-state index contributed by atoms with van der Waals surface area (Å²) in [7, 11) is 0. The van der Waals surface area contributed by atoms with Gasteiger partial charge in [0.1, 0.15) is 5.82 Å². The van der Waals surface area contributed by atoms with Crippen LogP contribution in [0.15, 0.2) is 35.1 Å². The standard InChI is InChI=1S/C14H17BrN4/c15-11-3-4-13(19-7-1-2-8-19)12(9-11)18-10-14-16-5-6-17-14/h3-6,9,18H,1-2,7-8,10H2,(H,16,17). The molecule has 2 N–H and O–H groups in total. The smallest absolute Gasteiger partial charge is 0.125 e. The quantitative estimate of drug-likeness (QED) is 0.907. The van der Waals surface area contributed by atoms with Crippen LogP contribution >= 0.6 is 15.9 Å². The van der Waals surface area contributed by atoms with Gasteiger partial charge in [0.2, 0.25) is 0 Å². The van der Waals surface area contributed by atoms with E-state index in [1.807, 2.05) is 6.20 Å². The number of H-pyrrole nitrogens is 1. The normalized spacial score (nSPS) is 14.9. The molecule has 4 nitrogen and oxygen atoms in total. The van der Waals surface area contributed by atoms with Crippen molar-refractivity contribution in [1.29, 1.82) is 0 Å². The van der Waals surface area contributed by atoms with Crippen molar-refractivity contribution >= 4 is 27.3 Å². The summed E-state index contributed by atoms with van der Waals surface area (Å²) in [5, 5.41) is 3.47. The van der Waals surface area contributed by atoms with Gasteiger partial charge in [-0.15, -0.1) is 0 Å². The topological polar surface area (TPSA) is 44.0 Å². The Labute approximate surface area is 121 Å². The second-order valence-electron chi connectivity index (χ2n) is 4.75. The molecule has 1 saturated heterocycles. The van der Waals surface area contributed by atoms with Gasteiger partial charge in [-0.3, -0.25) is 0 Å². The summed E-state index contributed by atoms with van der Waals surface area (Å²) in [5.74, 6) is 0.951. The van der Waals surface area contributed by atoms with E-state index < -0.39 is 0 Å². The minimum absolute atomic E-state index is 0.713. The van der Waals surface area contributed by atoms with Crippen LogP contribution in [0.3, 0.4) is 0 Å². The number of imidazole rings is 1. The fourth-order valence-corrected chi connectivity index (χ4v) is 2.82. The van der Waals surface area contributed by atoms with Gasteiger partial charge in [0.05, 0.1) is 17.9 Å². The highest BCUT2D eigenvalue weighted by Gasteiger charge is 2.15.